The topological polar surface area (TPSA) is 53.4 Å². The van der Waals surface area contributed by atoms with Crippen LogP contribution in [0.2, 0.25) is 5.02 Å². The molecule has 2 heterocycles. The maximum atomic E-state index is 13.3. The number of nitrogens with zero attached hydrogens (tertiary/aromatic N) is 4. The second kappa shape index (κ2) is 6.71. The minimum absolute atomic E-state index is 0.0583. The van der Waals surface area contributed by atoms with Gasteiger partial charge in [-0.3, -0.25) is 9.40 Å². The van der Waals surface area contributed by atoms with Crippen LogP contribution in [0.3, 0.4) is 0 Å². The SMILES string of the molecule is C=S(=O)(Nc1nn(C)c2c(C(C)(C)C)ccc(Cl)c12)N1CCN(C)CC1. The van der Waals surface area contributed by atoms with Gasteiger partial charge < -0.3 is 4.90 Å². The number of nitrogens with one attached hydrogen (secondary N) is 1. The number of fused-ring (bicyclic) bond motifs is 1. The van der Waals surface area contributed by atoms with Gasteiger partial charge in [-0.2, -0.15) is 5.10 Å². The average Bonchev–Trinajstić information content (AvgIpc) is 2.83. The van der Waals surface area contributed by atoms with Crippen LogP contribution in [0.1, 0.15) is 26.3 Å². The molecule has 1 N–H and O–H groups in total. The van der Waals surface area contributed by atoms with Gasteiger partial charge >= 0.3 is 0 Å². The number of likely N-dealkylation sites (N-methyl/N-ethyl adjacent to an activating group) is 1. The van der Waals surface area contributed by atoms with Crippen LogP contribution < -0.4 is 4.72 Å². The van der Waals surface area contributed by atoms with Gasteiger partial charge in [-0.15, -0.1) is 0 Å². The molecule has 0 amide bonds. The Labute approximate surface area is 161 Å². The highest BCUT2D eigenvalue weighted by Gasteiger charge is 2.26. The van der Waals surface area contributed by atoms with Crippen molar-refractivity contribution in [3.05, 3.63) is 22.7 Å². The molecule has 6 nitrogen and oxygen atoms in total. The number of anilines is 1. The highest BCUT2D eigenvalue weighted by Crippen LogP contribution is 2.37. The summed E-state index contributed by atoms with van der Waals surface area (Å²) in [4.78, 5) is 2.22. The molecule has 1 aliphatic rings. The zero-order valence-electron chi connectivity index (χ0n) is 16.2. The van der Waals surface area contributed by atoms with Crippen molar-refractivity contribution in [1.29, 1.82) is 0 Å². The molecule has 8 heteroatoms. The number of piperazine rings is 1. The Kier molecular flexibility index (Phi) is 5.03. The minimum atomic E-state index is -2.68. The van der Waals surface area contributed by atoms with E-state index in [-0.39, 0.29) is 5.41 Å². The van der Waals surface area contributed by atoms with Crippen LogP contribution in [0.15, 0.2) is 12.1 Å². The molecule has 1 aromatic carbocycles. The first-order chi connectivity index (χ1) is 12.0. The Morgan fingerprint density at radius 1 is 1.19 bits per heavy atom. The van der Waals surface area contributed by atoms with Crippen LogP contribution >= 0.6 is 11.6 Å². The maximum Gasteiger partial charge on any atom is 0.169 e. The molecule has 26 heavy (non-hydrogen) atoms. The second-order valence-electron chi connectivity index (χ2n) is 8.02. The van der Waals surface area contributed by atoms with Crippen LogP contribution in [0.25, 0.3) is 10.9 Å². The summed E-state index contributed by atoms with van der Waals surface area (Å²) in [6.45, 7) is 9.62. The van der Waals surface area contributed by atoms with Crippen LogP contribution in [0.5, 0.6) is 0 Å². The fraction of sp³-hybridized carbons (Fsp3) is 0.556. The number of aryl methyl sites for hydroxylation is 1. The average molecular weight is 398 g/mol. The second-order valence-corrected chi connectivity index (χ2v) is 10.4. The van der Waals surface area contributed by atoms with E-state index in [4.69, 9.17) is 11.6 Å². The molecule has 2 aromatic rings. The minimum Gasteiger partial charge on any atom is -0.304 e. The van der Waals surface area contributed by atoms with E-state index in [1.54, 1.807) is 0 Å². The zero-order valence-corrected chi connectivity index (χ0v) is 17.7. The van der Waals surface area contributed by atoms with Gasteiger partial charge in [0.1, 0.15) is 9.89 Å². The van der Waals surface area contributed by atoms with Crippen LogP contribution in [0.4, 0.5) is 5.82 Å². The van der Waals surface area contributed by atoms with Crippen molar-refractivity contribution < 1.29 is 4.21 Å². The molecule has 1 aliphatic heterocycles. The van der Waals surface area contributed by atoms with E-state index in [9.17, 15) is 4.21 Å². The molecule has 0 bridgehead atoms. The molecule has 0 saturated carbocycles. The zero-order chi connectivity index (χ0) is 19.3. The Morgan fingerprint density at radius 2 is 1.81 bits per heavy atom. The van der Waals surface area contributed by atoms with Crippen molar-refractivity contribution in [1.82, 2.24) is 19.0 Å². The third-order valence-electron chi connectivity index (χ3n) is 4.88. The van der Waals surface area contributed by atoms with Crippen LogP contribution in [-0.2, 0) is 22.4 Å². The van der Waals surface area contributed by atoms with Crippen molar-refractivity contribution in [2.75, 3.05) is 37.9 Å². The highest BCUT2D eigenvalue weighted by molar-refractivity contribution is 7.99. The predicted octanol–water partition coefficient (Wildman–Crippen LogP) is 2.73. The molecule has 1 fully saturated rings. The molecular weight excluding hydrogens is 370 g/mol. The van der Waals surface area contributed by atoms with Crippen molar-refractivity contribution in [2.24, 2.45) is 7.05 Å². The van der Waals surface area contributed by atoms with E-state index in [0.717, 1.165) is 29.6 Å². The lowest BCUT2D eigenvalue weighted by molar-refractivity contribution is 0.228. The van der Waals surface area contributed by atoms with E-state index in [1.807, 2.05) is 28.2 Å². The largest absolute Gasteiger partial charge is 0.304 e. The summed E-state index contributed by atoms with van der Waals surface area (Å²) < 4.78 is 20.1. The Hall–Kier alpha value is -1.28. The summed E-state index contributed by atoms with van der Waals surface area (Å²) >= 11 is 6.50. The molecule has 1 aromatic heterocycles. The molecular formula is C18H28ClN5OS. The summed E-state index contributed by atoms with van der Waals surface area (Å²) in [5.74, 6) is 4.49. The maximum absolute atomic E-state index is 13.3. The van der Waals surface area contributed by atoms with Gasteiger partial charge in [-0.1, -0.05) is 38.4 Å². The Morgan fingerprint density at radius 3 is 2.38 bits per heavy atom. The first-order valence-corrected chi connectivity index (χ1v) is 10.8. The number of hydrogen-bond acceptors (Lipinski definition) is 3. The van der Waals surface area contributed by atoms with Gasteiger partial charge in [0.25, 0.3) is 0 Å². The Bertz CT molecular complexity index is 921. The number of benzene rings is 1. The fourth-order valence-electron chi connectivity index (χ4n) is 3.35. The summed E-state index contributed by atoms with van der Waals surface area (Å²) in [7, 11) is 1.27. The Balaban J connectivity index is 2.04. The molecule has 0 spiro atoms. The quantitative estimate of drug-likeness (QED) is 0.810. The van der Waals surface area contributed by atoms with E-state index in [0.29, 0.717) is 23.9 Å². The lowest BCUT2D eigenvalue weighted by atomic mass is 9.85. The summed E-state index contributed by atoms with van der Waals surface area (Å²) in [6.07, 6.45) is 0. The van der Waals surface area contributed by atoms with Crippen molar-refractivity contribution in [3.63, 3.8) is 0 Å². The smallest absolute Gasteiger partial charge is 0.169 e. The van der Waals surface area contributed by atoms with Gasteiger partial charge in [-0.25, -0.2) is 8.51 Å². The standard InChI is InChI=1S/C18H28ClN5OS/c1-18(2,3)13-7-8-14(19)15-16(13)23(5)20-17(15)21-26(6,25)24-11-9-22(4)10-12-24/h7-8H,6,9-12H2,1-5H3,(H,20,21,25). The first kappa shape index (κ1) is 19.5. The molecule has 0 aliphatic carbocycles. The van der Waals surface area contributed by atoms with Gasteiger partial charge in [0.2, 0.25) is 0 Å². The number of hydrogen-bond donors (Lipinski definition) is 1. The van der Waals surface area contributed by atoms with Crippen molar-refractivity contribution in [3.8, 4) is 0 Å². The molecule has 0 radical (unpaired) electrons. The number of halogens is 1. The van der Waals surface area contributed by atoms with E-state index >= 15 is 0 Å². The van der Waals surface area contributed by atoms with Crippen molar-refractivity contribution >= 4 is 44.1 Å². The van der Waals surface area contributed by atoms with Crippen LogP contribution in [-0.4, -0.2) is 62.3 Å². The van der Waals surface area contributed by atoms with E-state index in [1.165, 1.54) is 0 Å². The summed E-state index contributed by atoms with van der Waals surface area (Å²) in [5, 5.41) is 5.98. The fourth-order valence-corrected chi connectivity index (χ4v) is 4.92. The summed E-state index contributed by atoms with van der Waals surface area (Å²) in [5.41, 5.74) is 2.05. The normalized spacial score (nSPS) is 19.6. The van der Waals surface area contributed by atoms with E-state index in [2.05, 4.69) is 48.4 Å². The lowest BCUT2D eigenvalue weighted by Gasteiger charge is -2.34. The highest BCUT2D eigenvalue weighted by atomic mass is 35.5. The molecule has 1 saturated heterocycles. The van der Waals surface area contributed by atoms with E-state index < -0.39 is 9.89 Å². The summed E-state index contributed by atoms with van der Waals surface area (Å²) in [6, 6.07) is 3.93. The number of aromatic nitrogens is 2. The van der Waals surface area contributed by atoms with Gasteiger partial charge in [-0.05, 0) is 30.0 Å². The third kappa shape index (κ3) is 3.58. The lowest BCUT2D eigenvalue weighted by Crippen LogP contribution is -2.48. The molecule has 1 atom stereocenters. The van der Waals surface area contributed by atoms with Crippen molar-refractivity contribution in [2.45, 2.75) is 26.2 Å². The monoisotopic (exact) mass is 397 g/mol. The first-order valence-electron chi connectivity index (χ1n) is 8.75. The van der Waals surface area contributed by atoms with Gasteiger partial charge in [0.15, 0.2) is 5.82 Å². The number of rotatable bonds is 3. The molecule has 3 rings (SSSR count). The molecule has 144 valence electrons. The van der Waals surface area contributed by atoms with Crippen LogP contribution in [0, 0.1) is 0 Å². The predicted molar refractivity (Wildman–Crippen MR) is 112 cm³/mol. The third-order valence-corrected chi connectivity index (χ3v) is 6.91. The molecule has 1 unspecified atom stereocenters. The van der Waals surface area contributed by atoms with Gasteiger partial charge in [0, 0.05) is 33.2 Å². The van der Waals surface area contributed by atoms with Gasteiger partial charge in [0.05, 0.1) is 15.9 Å².